The quantitative estimate of drug-likeness (QED) is 0.761. The molecule has 6 nitrogen and oxygen atoms in total. The Kier molecular flexibility index (Phi) is 7.36. The second-order valence-electron chi connectivity index (χ2n) is 7.12. The maximum Gasteiger partial charge on any atom is 0.408 e. The fraction of sp³-hybridized carbons (Fsp3) is 0.450. The summed E-state index contributed by atoms with van der Waals surface area (Å²) in [4.78, 5) is 28.7. The number of thiazole rings is 1. The predicted octanol–water partition coefficient (Wildman–Crippen LogP) is 3.43. The minimum Gasteiger partial charge on any atom is -0.444 e. The van der Waals surface area contributed by atoms with Crippen LogP contribution < -0.4 is 10.6 Å². The number of benzene rings is 1. The summed E-state index contributed by atoms with van der Waals surface area (Å²) in [7, 11) is 0. The smallest absolute Gasteiger partial charge is 0.408 e. The van der Waals surface area contributed by atoms with Crippen LogP contribution in [-0.2, 0) is 22.4 Å². The summed E-state index contributed by atoms with van der Waals surface area (Å²) >= 11 is 1.53. The van der Waals surface area contributed by atoms with E-state index in [1.54, 1.807) is 20.8 Å². The van der Waals surface area contributed by atoms with Crippen LogP contribution in [0.25, 0.3) is 0 Å². The van der Waals surface area contributed by atoms with Gasteiger partial charge in [0, 0.05) is 5.38 Å². The molecule has 0 bridgehead atoms. The van der Waals surface area contributed by atoms with Gasteiger partial charge < -0.3 is 15.4 Å². The van der Waals surface area contributed by atoms with E-state index in [0.717, 1.165) is 22.7 Å². The van der Waals surface area contributed by atoms with Crippen LogP contribution in [0.3, 0.4) is 0 Å². The molecule has 0 aliphatic carbocycles. The molecule has 1 unspecified atom stereocenters. The van der Waals surface area contributed by atoms with Crippen molar-refractivity contribution in [2.24, 2.45) is 0 Å². The van der Waals surface area contributed by atoms with Crippen molar-refractivity contribution in [3.8, 4) is 0 Å². The molecule has 1 radical (unpaired) electrons. The first-order chi connectivity index (χ1) is 12.8. The highest BCUT2D eigenvalue weighted by atomic mass is 32.1. The van der Waals surface area contributed by atoms with Gasteiger partial charge in [0.2, 0.25) is 5.91 Å². The summed E-state index contributed by atoms with van der Waals surface area (Å²) in [6.07, 6.45) is 0.844. The van der Waals surface area contributed by atoms with E-state index in [4.69, 9.17) is 4.74 Å². The third-order valence-corrected chi connectivity index (χ3v) is 4.59. The summed E-state index contributed by atoms with van der Waals surface area (Å²) in [5, 5.41) is 8.31. The van der Waals surface area contributed by atoms with Crippen molar-refractivity contribution >= 4 is 23.3 Å². The Morgan fingerprint density at radius 3 is 2.59 bits per heavy atom. The number of hydrogen-bond donors (Lipinski definition) is 2. The molecule has 0 saturated heterocycles. The third kappa shape index (κ3) is 7.38. The zero-order valence-electron chi connectivity index (χ0n) is 16.2. The van der Waals surface area contributed by atoms with Crippen molar-refractivity contribution in [3.63, 3.8) is 0 Å². The van der Waals surface area contributed by atoms with Crippen LogP contribution in [0.5, 0.6) is 0 Å². The van der Waals surface area contributed by atoms with E-state index in [0.29, 0.717) is 6.42 Å². The largest absolute Gasteiger partial charge is 0.444 e. The molecule has 1 atom stereocenters. The number of alkyl carbamates (subject to hydrolysis) is 1. The molecule has 2 amide bonds. The zero-order chi connectivity index (χ0) is 19.9. The standard InChI is InChI=1S/C20H26N3O3S/c1-5-15-13-27-18(22-15)16(11-14-9-7-6-8-10-14)23-17(24)12-21-19(25)26-20(2,3)4/h7-10,13,16H,5,11-12H2,1-4H3,(H,21,25)(H,23,24). The van der Waals surface area contributed by atoms with Crippen LogP contribution in [0.4, 0.5) is 4.79 Å². The van der Waals surface area contributed by atoms with Crippen LogP contribution in [0.2, 0.25) is 0 Å². The maximum absolute atomic E-state index is 12.4. The highest BCUT2D eigenvalue weighted by molar-refractivity contribution is 7.09. The number of rotatable bonds is 7. The van der Waals surface area contributed by atoms with Gasteiger partial charge in [-0.3, -0.25) is 4.79 Å². The first kappa shape index (κ1) is 20.9. The Hall–Kier alpha value is -2.41. The van der Waals surface area contributed by atoms with E-state index in [1.807, 2.05) is 36.6 Å². The second-order valence-corrected chi connectivity index (χ2v) is 8.01. The zero-order valence-corrected chi connectivity index (χ0v) is 17.0. The number of carbonyl (C=O) groups is 2. The lowest BCUT2D eigenvalue weighted by Crippen LogP contribution is -2.41. The summed E-state index contributed by atoms with van der Waals surface area (Å²) in [6.45, 7) is 7.21. The maximum atomic E-state index is 12.4. The summed E-state index contributed by atoms with van der Waals surface area (Å²) in [6, 6.07) is 10.3. The van der Waals surface area contributed by atoms with Crippen molar-refractivity contribution in [1.29, 1.82) is 0 Å². The van der Waals surface area contributed by atoms with Crippen molar-refractivity contribution < 1.29 is 14.3 Å². The van der Waals surface area contributed by atoms with Crippen LogP contribution >= 0.6 is 11.3 Å². The molecule has 1 aromatic heterocycles. The topological polar surface area (TPSA) is 80.3 Å². The fourth-order valence-corrected chi connectivity index (χ4v) is 3.30. The number of ether oxygens (including phenoxy) is 1. The Morgan fingerprint density at radius 2 is 2.00 bits per heavy atom. The Morgan fingerprint density at radius 1 is 1.30 bits per heavy atom. The number of aromatic nitrogens is 1. The molecule has 2 rings (SSSR count). The fourth-order valence-electron chi connectivity index (χ4n) is 2.35. The molecule has 0 saturated carbocycles. The number of hydrogen-bond acceptors (Lipinski definition) is 5. The highest BCUT2D eigenvalue weighted by Gasteiger charge is 2.20. The number of nitrogens with one attached hydrogen (secondary N) is 2. The molecular weight excluding hydrogens is 362 g/mol. The monoisotopic (exact) mass is 388 g/mol. The third-order valence-electron chi connectivity index (χ3n) is 3.58. The Labute approximate surface area is 164 Å². The summed E-state index contributed by atoms with van der Waals surface area (Å²) < 4.78 is 5.15. The van der Waals surface area contributed by atoms with Gasteiger partial charge in [-0.15, -0.1) is 11.3 Å². The summed E-state index contributed by atoms with van der Waals surface area (Å²) in [5.74, 6) is -0.290. The first-order valence-electron chi connectivity index (χ1n) is 8.92. The average Bonchev–Trinajstić information content (AvgIpc) is 3.08. The van der Waals surface area contributed by atoms with E-state index in [9.17, 15) is 9.59 Å². The molecule has 0 aliphatic rings. The molecule has 1 heterocycles. The van der Waals surface area contributed by atoms with Crippen molar-refractivity contribution in [3.05, 3.63) is 52.0 Å². The van der Waals surface area contributed by atoms with Crippen molar-refractivity contribution in [2.45, 2.75) is 52.2 Å². The van der Waals surface area contributed by atoms with Crippen molar-refractivity contribution in [1.82, 2.24) is 15.6 Å². The molecule has 0 spiro atoms. The van der Waals surface area contributed by atoms with Gasteiger partial charge in [-0.05, 0) is 45.2 Å². The molecular formula is C20H26N3O3S. The van der Waals surface area contributed by atoms with Gasteiger partial charge in [-0.25, -0.2) is 9.78 Å². The van der Waals surface area contributed by atoms with Crippen LogP contribution in [-0.4, -0.2) is 29.1 Å². The second kappa shape index (κ2) is 9.50. The van der Waals surface area contributed by atoms with E-state index in [-0.39, 0.29) is 18.5 Å². The van der Waals surface area contributed by atoms with Gasteiger partial charge in [0.05, 0.1) is 11.7 Å². The lowest BCUT2D eigenvalue weighted by Gasteiger charge is -2.20. The molecule has 2 N–H and O–H groups in total. The van der Waals surface area contributed by atoms with Gasteiger partial charge >= 0.3 is 6.09 Å². The lowest BCUT2D eigenvalue weighted by atomic mass is 10.1. The number of nitrogens with zero attached hydrogens (tertiary/aromatic N) is 1. The van der Waals surface area contributed by atoms with E-state index < -0.39 is 11.7 Å². The predicted molar refractivity (Wildman–Crippen MR) is 106 cm³/mol. The van der Waals surface area contributed by atoms with Crippen LogP contribution in [0.15, 0.2) is 29.6 Å². The minimum atomic E-state index is -0.615. The molecule has 2 aromatic rings. The van der Waals surface area contributed by atoms with Gasteiger partial charge in [-0.2, -0.15) is 0 Å². The van der Waals surface area contributed by atoms with E-state index >= 15 is 0 Å². The van der Waals surface area contributed by atoms with E-state index in [2.05, 4.69) is 21.7 Å². The molecule has 27 heavy (non-hydrogen) atoms. The number of carbonyl (C=O) groups excluding carboxylic acids is 2. The molecule has 0 aliphatic heterocycles. The normalized spacial score (nSPS) is 12.3. The minimum absolute atomic E-state index is 0.153. The summed E-state index contributed by atoms with van der Waals surface area (Å²) in [5.41, 5.74) is 1.47. The molecule has 1 aromatic carbocycles. The Balaban J connectivity index is 2.00. The average molecular weight is 389 g/mol. The van der Waals surface area contributed by atoms with Gasteiger partial charge in [-0.1, -0.05) is 31.2 Å². The van der Waals surface area contributed by atoms with Crippen LogP contribution in [0, 0.1) is 6.07 Å². The van der Waals surface area contributed by atoms with Gasteiger partial charge in [0.15, 0.2) is 0 Å². The highest BCUT2D eigenvalue weighted by Crippen LogP contribution is 2.22. The number of amides is 2. The first-order valence-corrected chi connectivity index (χ1v) is 9.80. The van der Waals surface area contributed by atoms with Crippen molar-refractivity contribution in [2.75, 3.05) is 6.54 Å². The number of aryl methyl sites for hydroxylation is 1. The molecule has 7 heteroatoms. The van der Waals surface area contributed by atoms with E-state index in [1.165, 1.54) is 11.3 Å². The molecule has 145 valence electrons. The van der Waals surface area contributed by atoms with Crippen LogP contribution in [0.1, 0.15) is 50.0 Å². The molecule has 0 fully saturated rings. The van der Waals surface area contributed by atoms with Gasteiger partial charge in [0.25, 0.3) is 0 Å². The lowest BCUT2D eigenvalue weighted by molar-refractivity contribution is -0.121. The SMILES string of the molecule is CCc1csc(C(Cc2cc[c]cc2)NC(=O)CNC(=O)OC(C)(C)C)n1. The Bertz CT molecular complexity index is 753. The van der Waals surface area contributed by atoms with Gasteiger partial charge in [0.1, 0.15) is 17.2 Å².